The number of carbonyl (C=O) groups is 1. The zero-order valence-electron chi connectivity index (χ0n) is 12.3. The zero-order valence-corrected chi connectivity index (χ0v) is 12.3. The van der Waals surface area contributed by atoms with Crippen molar-refractivity contribution < 1.29 is 4.79 Å². The summed E-state index contributed by atoms with van der Waals surface area (Å²) in [5, 5.41) is 14.2. The van der Waals surface area contributed by atoms with Crippen LogP contribution in [0.4, 0.5) is 5.82 Å². The first-order valence-electron chi connectivity index (χ1n) is 7.16. The van der Waals surface area contributed by atoms with E-state index >= 15 is 0 Å². The highest BCUT2D eigenvalue weighted by Gasteiger charge is 2.25. The van der Waals surface area contributed by atoms with E-state index in [0.717, 1.165) is 31.7 Å². The minimum atomic E-state index is -0.0938. The summed E-state index contributed by atoms with van der Waals surface area (Å²) < 4.78 is 1.95. The van der Waals surface area contributed by atoms with Crippen molar-refractivity contribution in [3.8, 4) is 0 Å². The number of likely N-dealkylation sites (tertiary alicyclic amines) is 1. The first-order valence-corrected chi connectivity index (χ1v) is 7.16. The average molecular weight is 288 g/mol. The van der Waals surface area contributed by atoms with Gasteiger partial charge >= 0.3 is 0 Å². The molecule has 0 saturated carbocycles. The summed E-state index contributed by atoms with van der Waals surface area (Å²) in [4.78, 5) is 13.4. The molecule has 1 atom stereocenters. The Kier molecular flexibility index (Phi) is 3.74. The average Bonchev–Trinajstić information content (AvgIpc) is 3.12. The van der Waals surface area contributed by atoms with E-state index in [9.17, 15) is 4.79 Å². The Hall–Kier alpha value is -2.15. The molecular formula is C14H20N6O. The minimum Gasteiger partial charge on any atom is -0.309 e. The fraction of sp³-hybridized carbons (Fsp3) is 0.500. The van der Waals surface area contributed by atoms with Crippen molar-refractivity contribution in [1.29, 1.82) is 0 Å². The van der Waals surface area contributed by atoms with E-state index in [1.165, 1.54) is 12.5 Å². The van der Waals surface area contributed by atoms with Gasteiger partial charge in [0.15, 0.2) is 5.82 Å². The van der Waals surface area contributed by atoms with E-state index in [-0.39, 0.29) is 5.91 Å². The van der Waals surface area contributed by atoms with Crippen molar-refractivity contribution in [2.75, 3.05) is 18.4 Å². The van der Waals surface area contributed by atoms with Gasteiger partial charge in [-0.15, -0.1) is 0 Å². The molecule has 7 nitrogen and oxygen atoms in total. The number of aromatic nitrogens is 4. The second-order valence-electron chi connectivity index (χ2n) is 5.56. The molecule has 3 rings (SSSR count). The maximum Gasteiger partial charge on any atom is 0.222 e. The summed E-state index contributed by atoms with van der Waals surface area (Å²) in [5.74, 6) is 0.523. The molecule has 1 saturated heterocycles. The van der Waals surface area contributed by atoms with E-state index < -0.39 is 0 Å². The van der Waals surface area contributed by atoms with Crippen LogP contribution in [0.25, 0.3) is 0 Å². The van der Waals surface area contributed by atoms with Crippen LogP contribution in [0.5, 0.6) is 0 Å². The van der Waals surface area contributed by atoms with Crippen molar-refractivity contribution in [3.63, 3.8) is 0 Å². The van der Waals surface area contributed by atoms with Crippen molar-refractivity contribution >= 4 is 11.7 Å². The zero-order chi connectivity index (χ0) is 14.8. The van der Waals surface area contributed by atoms with Crippen molar-refractivity contribution in [2.24, 2.45) is 0 Å². The third-order valence-electron chi connectivity index (χ3n) is 3.86. The third-order valence-corrected chi connectivity index (χ3v) is 3.86. The molecule has 112 valence electrons. The second kappa shape index (κ2) is 5.69. The summed E-state index contributed by atoms with van der Waals surface area (Å²) in [6.45, 7) is 6.46. The van der Waals surface area contributed by atoms with Crippen molar-refractivity contribution in [3.05, 3.63) is 29.7 Å². The highest BCUT2D eigenvalue weighted by molar-refractivity contribution is 5.87. The number of nitrogens with one attached hydrogen (secondary N) is 2. The number of hydrogen-bond acceptors (Lipinski definition) is 4. The summed E-state index contributed by atoms with van der Waals surface area (Å²) in [5.41, 5.74) is 2.38. The summed E-state index contributed by atoms with van der Waals surface area (Å²) in [6.07, 6.45) is 4.89. The van der Waals surface area contributed by atoms with Gasteiger partial charge in [0.1, 0.15) is 0 Å². The van der Waals surface area contributed by atoms with Crippen molar-refractivity contribution in [2.45, 2.75) is 32.9 Å². The van der Waals surface area contributed by atoms with Crippen LogP contribution in [0.15, 0.2) is 18.5 Å². The largest absolute Gasteiger partial charge is 0.309 e. The van der Waals surface area contributed by atoms with E-state index in [1.807, 2.05) is 30.1 Å². The molecule has 1 aliphatic rings. The molecule has 1 fully saturated rings. The Balaban J connectivity index is 1.60. The first kappa shape index (κ1) is 13.8. The van der Waals surface area contributed by atoms with Gasteiger partial charge in [-0.25, -0.2) is 0 Å². The quantitative estimate of drug-likeness (QED) is 0.889. The molecule has 7 heteroatoms. The van der Waals surface area contributed by atoms with Crippen LogP contribution in [0.2, 0.25) is 0 Å². The summed E-state index contributed by atoms with van der Waals surface area (Å²) in [6, 6.07) is 2.20. The van der Waals surface area contributed by atoms with Gasteiger partial charge in [-0.1, -0.05) is 0 Å². The molecule has 0 aliphatic carbocycles. The van der Waals surface area contributed by atoms with Crippen LogP contribution < -0.4 is 5.32 Å². The number of aryl methyl sites for hydroxylation is 1. The van der Waals surface area contributed by atoms with Gasteiger partial charge in [0.2, 0.25) is 5.91 Å². The SMILES string of the molecule is CC(=O)Nc1ccn([C@H]2CCN(Cc3cn[nH]c3C)C2)n1. The maximum atomic E-state index is 11.0. The van der Waals surface area contributed by atoms with Gasteiger partial charge in [0, 0.05) is 50.1 Å². The van der Waals surface area contributed by atoms with Gasteiger partial charge in [0.25, 0.3) is 0 Å². The Labute approximate surface area is 123 Å². The van der Waals surface area contributed by atoms with Crippen LogP contribution in [-0.4, -0.2) is 43.9 Å². The molecule has 0 aromatic carbocycles. The molecule has 21 heavy (non-hydrogen) atoms. The lowest BCUT2D eigenvalue weighted by atomic mass is 10.2. The Morgan fingerprint density at radius 1 is 1.57 bits per heavy atom. The van der Waals surface area contributed by atoms with E-state index in [0.29, 0.717) is 11.9 Å². The lowest BCUT2D eigenvalue weighted by molar-refractivity contribution is -0.114. The monoisotopic (exact) mass is 288 g/mol. The lowest BCUT2D eigenvalue weighted by Gasteiger charge is -2.15. The highest BCUT2D eigenvalue weighted by Crippen LogP contribution is 2.23. The number of carbonyl (C=O) groups excluding carboxylic acids is 1. The molecule has 3 heterocycles. The van der Waals surface area contributed by atoms with E-state index in [1.54, 1.807) is 0 Å². The van der Waals surface area contributed by atoms with Crippen LogP contribution in [-0.2, 0) is 11.3 Å². The predicted octanol–water partition coefficient (Wildman–Crippen LogP) is 1.32. The van der Waals surface area contributed by atoms with Crippen LogP contribution in [0.3, 0.4) is 0 Å². The van der Waals surface area contributed by atoms with Gasteiger partial charge in [0.05, 0.1) is 12.2 Å². The molecule has 0 radical (unpaired) electrons. The lowest BCUT2D eigenvalue weighted by Crippen LogP contribution is -2.21. The number of anilines is 1. The number of H-pyrrole nitrogens is 1. The number of amides is 1. The molecule has 2 aromatic heterocycles. The molecule has 1 aliphatic heterocycles. The molecule has 0 spiro atoms. The summed E-state index contributed by atoms with van der Waals surface area (Å²) >= 11 is 0. The van der Waals surface area contributed by atoms with Gasteiger partial charge < -0.3 is 5.32 Å². The van der Waals surface area contributed by atoms with Crippen LogP contribution >= 0.6 is 0 Å². The molecular weight excluding hydrogens is 268 g/mol. The molecule has 1 amide bonds. The first-order chi connectivity index (χ1) is 10.1. The van der Waals surface area contributed by atoms with Gasteiger partial charge in [-0.2, -0.15) is 10.2 Å². The third kappa shape index (κ3) is 3.13. The maximum absolute atomic E-state index is 11.0. The van der Waals surface area contributed by atoms with Gasteiger partial charge in [-0.3, -0.25) is 19.5 Å². The molecule has 0 bridgehead atoms. The van der Waals surface area contributed by atoms with Gasteiger partial charge in [-0.05, 0) is 13.3 Å². The highest BCUT2D eigenvalue weighted by atomic mass is 16.1. The molecule has 2 aromatic rings. The normalized spacial score (nSPS) is 19.0. The Bertz CT molecular complexity index is 631. The van der Waals surface area contributed by atoms with Crippen molar-refractivity contribution in [1.82, 2.24) is 24.9 Å². The smallest absolute Gasteiger partial charge is 0.222 e. The van der Waals surface area contributed by atoms with Crippen LogP contribution in [0.1, 0.15) is 30.6 Å². The second-order valence-corrected chi connectivity index (χ2v) is 5.56. The summed E-state index contributed by atoms with van der Waals surface area (Å²) in [7, 11) is 0. The van der Waals surface area contributed by atoms with E-state index in [2.05, 4.69) is 25.5 Å². The van der Waals surface area contributed by atoms with E-state index in [4.69, 9.17) is 0 Å². The fourth-order valence-corrected chi connectivity index (χ4v) is 2.74. The number of hydrogen-bond donors (Lipinski definition) is 2. The number of rotatable bonds is 4. The Morgan fingerprint density at radius 3 is 3.14 bits per heavy atom. The molecule has 2 N–H and O–H groups in total. The standard InChI is InChI=1S/C14H20N6O/c1-10-12(7-15-17-10)8-19-5-3-13(9-19)20-6-4-14(18-20)16-11(2)21/h4,6-7,13H,3,5,8-9H2,1-2H3,(H,15,17)(H,16,18,21)/t13-/m0/s1. The molecule has 0 unspecified atom stereocenters. The minimum absolute atomic E-state index is 0.0938. The number of nitrogens with zero attached hydrogens (tertiary/aromatic N) is 4. The fourth-order valence-electron chi connectivity index (χ4n) is 2.74. The predicted molar refractivity (Wildman–Crippen MR) is 78.8 cm³/mol. The Morgan fingerprint density at radius 2 is 2.43 bits per heavy atom. The number of aromatic amines is 1. The topological polar surface area (TPSA) is 78.8 Å². The van der Waals surface area contributed by atoms with Crippen LogP contribution in [0, 0.1) is 6.92 Å².